The lowest BCUT2D eigenvalue weighted by Crippen LogP contribution is -1.83. The van der Waals surface area contributed by atoms with E-state index in [0.29, 0.717) is 0 Å². The molecule has 0 radical (unpaired) electrons. The third-order valence-corrected chi connectivity index (χ3v) is 3.02. The van der Waals surface area contributed by atoms with Crippen LogP contribution in [0.3, 0.4) is 0 Å². The quantitative estimate of drug-likeness (QED) is 0.340. The van der Waals surface area contributed by atoms with Crippen molar-refractivity contribution in [2.45, 2.75) is 39.0 Å². The molecule has 1 aromatic carbocycles. The highest BCUT2D eigenvalue weighted by Gasteiger charge is 1.95. The summed E-state index contributed by atoms with van der Waals surface area (Å²) in [4.78, 5) is 3.99. The van der Waals surface area contributed by atoms with E-state index in [1.807, 2.05) is 12.3 Å². The van der Waals surface area contributed by atoms with Crippen LogP contribution >= 0.6 is 0 Å². The summed E-state index contributed by atoms with van der Waals surface area (Å²) >= 11 is 0. The van der Waals surface area contributed by atoms with Gasteiger partial charge in [-0.05, 0) is 30.1 Å². The van der Waals surface area contributed by atoms with Crippen LogP contribution in [0.5, 0.6) is 0 Å². The fourth-order valence-corrected chi connectivity index (χ4v) is 1.98. The van der Waals surface area contributed by atoms with Gasteiger partial charge in [-0.1, -0.05) is 68.7 Å². The summed E-state index contributed by atoms with van der Waals surface area (Å²) in [5, 5.41) is 0. The number of hydrogen-bond acceptors (Lipinski definition) is 1. The molecule has 0 heterocycles. The predicted molar refractivity (Wildman–Crippen MR) is 86.7 cm³/mol. The highest BCUT2D eigenvalue weighted by Crippen LogP contribution is 2.15. The number of benzene rings is 1. The molecule has 0 fully saturated rings. The first-order valence-corrected chi connectivity index (χ1v) is 7.21. The summed E-state index contributed by atoms with van der Waals surface area (Å²) < 4.78 is 0. The zero-order chi connectivity index (χ0) is 13.8. The van der Waals surface area contributed by atoms with Crippen molar-refractivity contribution in [2.75, 3.05) is 7.05 Å². The molecule has 0 aliphatic heterocycles. The van der Waals surface area contributed by atoms with Crippen LogP contribution in [0.25, 0.3) is 6.08 Å². The maximum atomic E-state index is 3.99. The second-order valence-corrected chi connectivity index (χ2v) is 4.71. The van der Waals surface area contributed by atoms with E-state index in [1.165, 1.54) is 36.8 Å². The van der Waals surface area contributed by atoms with E-state index in [0.717, 1.165) is 6.42 Å². The Labute approximate surface area is 117 Å². The Balaban J connectivity index is 2.65. The Morgan fingerprint density at radius 3 is 2.58 bits per heavy atom. The lowest BCUT2D eigenvalue weighted by molar-refractivity contribution is 0.669. The molecule has 0 atom stereocenters. The monoisotopic (exact) mass is 255 g/mol. The summed E-state index contributed by atoms with van der Waals surface area (Å²) in [7, 11) is 1.80. The highest BCUT2D eigenvalue weighted by molar-refractivity contribution is 5.72. The third-order valence-electron chi connectivity index (χ3n) is 3.02. The second kappa shape index (κ2) is 10.3. The lowest BCUT2D eigenvalue weighted by Gasteiger charge is -2.03. The molecule has 0 saturated carbocycles. The smallest absolute Gasteiger partial charge is 0.0277 e. The number of rotatable bonds is 8. The van der Waals surface area contributed by atoms with Crippen LogP contribution in [-0.2, 0) is 0 Å². The number of aliphatic imine (C=N–C) groups is 1. The first-order chi connectivity index (χ1) is 9.36. The van der Waals surface area contributed by atoms with Gasteiger partial charge in [0.15, 0.2) is 0 Å². The Morgan fingerprint density at radius 1 is 1.11 bits per heavy atom. The average molecular weight is 255 g/mol. The minimum absolute atomic E-state index is 1.14. The minimum atomic E-state index is 1.14. The van der Waals surface area contributed by atoms with Crippen LogP contribution in [0.1, 0.15) is 44.6 Å². The lowest BCUT2D eigenvalue weighted by atomic mass is 10.0. The maximum absolute atomic E-state index is 3.99. The molecule has 0 spiro atoms. The van der Waals surface area contributed by atoms with Crippen molar-refractivity contribution in [1.82, 2.24) is 0 Å². The van der Waals surface area contributed by atoms with E-state index in [1.54, 1.807) is 7.05 Å². The van der Waals surface area contributed by atoms with Crippen molar-refractivity contribution < 1.29 is 0 Å². The Bertz CT molecular complexity index is 413. The molecule has 0 aliphatic rings. The molecular formula is C18H25N. The number of allylic oxidation sites excluding steroid dienone is 3. The van der Waals surface area contributed by atoms with Crippen LogP contribution in [0.2, 0.25) is 0 Å². The van der Waals surface area contributed by atoms with Gasteiger partial charge in [-0.15, -0.1) is 0 Å². The van der Waals surface area contributed by atoms with Crippen molar-refractivity contribution in [1.29, 1.82) is 0 Å². The molecule has 0 aromatic heterocycles. The summed E-state index contributed by atoms with van der Waals surface area (Å²) in [6.07, 6.45) is 14.6. The van der Waals surface area contributed by atoms with E-state index in [9.17, 15) is 0 Å². The van der Waals surface area contributed by atoms with Crippen LogP contribution in [-0.4, -0.2) is 13.3 Å². The van der Waals surface area contributed by atoms with Crippen molar-refractivity contribution in [3.63, 3.8) is 0 Å². The minimum Gasteiger partial charge on any atom is -0.297 e. The SMILES string of the molecule is CCCCCCC(/C=C/C=NC)=C\c1ccccc1. The van der Waals surface area contributed by atoms with Gasteiger partial charge in [-0.25, -0.2) is 0 Å². The molecule has 1 nitrogen and oxygen atoms in total. The van der Waals surface area contributed by atoms with Gasteiger partial charge in [0.1, 0.15) is 0 Å². The molecule has 1 rings (SSSR count). The van der Waals surface area contributed by atoms with Crippen molar-refractivity contribution in [2.24, 2.45) is 4.99 Å². The van der Waals surface area contributed by atoms with Gasteiger partial charge >= 0.3 is 0 Å². The van der Waals surface area contributed by atoms with Crippen LogP contribution in [0, 0.1) is 0 Å². The third kappa shape index (κ3) is 7.40. The van der Waals surface area contributed by atoms with Crippen molar-refractivity contribution in [3.8, 4) is 0 Å². The summed E-state index contributed by atoms with van der Waals surface area (Å²) in [6.45, 7) is 2.25. The fourth-order valence-electron chi connectivity index (χ4n) is 1.98. The molecule has 0 N–H and O–H groups in total. The van der Waals surface area contributed by atoms with E-state index in [4.69, 9.17) is 0 Å². The van der Waals surface area contributed by atoms with Crippen LogP contribution in [0.15, 0.2) is 53.0 Å². The van der Waals surface area contributed by atoms with Crippen LogP contribution in [0.4, 0.5) is 0 Å². The molecule has 0 unspecified atom stereocenters. The number of hydrogen-bond donors (Lipinski definition) is 0. The average Bonchev–Trinajstić information content (AvgIpc) is 2.44. The fraction of sp³-hybridized carbons (Fsp3) is 0.389. The van der Waals surface area contributed by atoms with E-state index in [2.05, 4.69) is 54.4 Å². The molecule has 102 valence electrons. The molecule has 0 amide bonds. The topological polar surface area (TPSA) is 12.4 Å². The Kier molecular flexibility index (Phi) is 8.37. The van der Waals surface area contributed by atoms with Crippen LogP contribution < -0.4 is 0 Å². The summed E-state index contributed by atoms with van der Waals surface area (Å²) in [5.41, 5.74) is 2.65. The zero-order valence-corrected chi connectivity index (χ0v) is 12.2. The van der Waals surface area contributed by atoms with Crippen molar-refractivity contribution >= 4 is 12.3 Å². The molecule has 1 heteroatoms. The first-order valence-electron chi connectivity index (χ1n) is 7.21. The Morgan fingerprint density at radius 2 is 1.89 bits per heavy atom. The van der Waals surface area contributed by atoms with Crippen molar-refractivity contribution in [3.05, 3.63) is 53.6 Å². The van der Waals surface area contributed by atoms with Gasteiger partial charge in [-0.3, -0.25) is 4.99 Å². The van der Waals surface area contributed by atoms with Gasteiger partial charge in [0.05, 0.1) is 0 Å². The van der Waals surface area contributed by atoms with Gasteiger partial charge in [-0.2, -0.15) is 0 Å². The highest BCUT2D eigenvalue weighted by atomic mass is 14.6. The van der Waals surface area contributed by atoms with Gasteiger partial charge in [0.2, 0.25) is 0 Å². The largest absolute Gasteiger partial charge is 0.297 e. The number of nitrogens with zero attached hydrogens (tertiary/aromatic N) is 1. The molecule has 0 saturated heterocycles. The maximum Gasteiger partial charge on any atom is 0.0277 e. The summed E-state index contributed by atoms with van der Waals surface area (Å²) in [5.74, 6) is 0. The predicted octanol–water partition coefficient (Wildman–Crippen LogP) is 5.30. The normalized spacial score (nSPS) is 12.6. The molecule has 0 bridgehead atoms. The van der Waals surface area contributed by atoms with E-state index in [-0.39, 0.29) is 0 Å². The standard InChI is InChI=1S/C18H25N/c1-3-4-5-7-11-18(14-10-15-19-2)16-17-12-8-6-9-13-17/h6,8-10,12-16H,3-5,7,11H2,1-2H3/b14-10+,18-16+,19-15?. The van der Waals surface area contributed by atoms with Gasteiger partial charge < -0.3 is 0 Å². The first kappa shape index (κ1) is 15.4. The molecule has 0 aliphatic carbocycles. The molecule has 1 aromatic rings. The Hall–Kier alpha value is -1.63. The number of unbranched alkanes of at least 4 members (excludes halogenated alkanes) is 3. The van der Waals surface area contributed by atoms with Gasteiger partial charge in [0, 0.05) is 13.3 Å². The molecule has 19 heavy (non-hydrogen) atoms. The van der Waals surface area contributed by atoms with E-state index < -0.39 is 0 Å². The van der Waals surface area contributed by atoms with E-state index >= 15 is 0 Å². The second-order valence-electron chi connectivity index (χ2n) is 4.71. The van der Waals surface area contributed by atoms with Gasteiger partial charge in [0.25, 0.3) is 0 Å². The zero-order valence-electron chi connectivity index (χ0n) is 12.2. The molecular weight excluding hydrogens is 230 g/mol. The summed E-state index contributed by atoms with van der Waals surface area (Å²) in [6, 6.07) is 10.5.